The molecule has 0 heterocycles. The average molecular weight is 368 g/mol. The Morgan fingerprint density at radius 1 is 0.760 bits per heavy atom. The Morgan fingerprint density at radius 2 is 1.08 bits per heavy atom. The topological polar surface area (TPSA) is 46.5 Å². The third-order valence-electron chi connectivity index (χ3n) is 4.57. The van der Waals surface area contributed by atoms with Crippen LogP contribution < -0.4 is 15.6 Å². The van der Waals surface area contributed by atoms with Crippen molar-refractivity contribution in [3.05, 3.63) is 91.0 Å². The van der Waals surface area contributed by atoms with Gasteiger partial charge in [0.1, 0.15) is 0 Å². The van der Waals surface area contributed by atoms with Gasteiger partial charge < -0.3 is 9.42 Å². The molecule has 0 saturated carbocycles. The van der Waals surface area contributed by atoms with E-state index in [1.54, 1.807) is 0 Å². The summed E-state index contributed by atoms with van der Waals surface area (Å²) in [4.78, 5) is 9.47. The van der Waals surface area contributed by atoms with E-state index in [0.29, 0.717) is 0 Å². The number of benzene rings is 3. The molecule has 3 aromatic rings. The van der Waals surface area contributed by atoms with Crippen LogP contribution in [0, 0.1) is 0 Å². The number of hydrogen-bond donors (Lipinski definition) is 1. The van der Waals surface area contributed by atoms with Crippen molar-refractivity contribution in [1.82, 2.24) is 0 Å². The van der Waals surface area contributed by atoms with Gasteiger partial charge in [-0.15, -0.1) is 0 Å². The van der Waals surface area contributed by atoms with Gasteiger partial charge in [-0.25, -0.2) is 0 Å². The third kappa shape index (κ3) is 3.53. The SMILES string of the molecule is CC(O[PH](=O)O)[Si](c1ccccc1)(c1ccccc1)c1ccccc1. The lowest BCUT2D eigenvalue weighted by atomic mass is 10.3. The molecule has 0 radical (unpaired) electrons. The van der Waals surface area contributed by atoms with Crippen LogP contribution in [0.5, 0.6) is 0 Å². The summed E-state index contributed by atoms with van der Waals surface area (Å²) in [7, 11) is -5.70. The molecular formula is C20H21O3PSi. The lowest BCUT2D eigenvalue weighted by Crippen LogP contribution is -2.73. The van der Waals surface area contributed by atoms with Crippen molar-refractivity contribution >= 4 is 31.9 Å². The van der Waals surface area contributed by atoms with Crippen LogP contribution in [0.4, 0.5) is 0 Å². The van der Waals surface area contributed by atoms with Crippen LogP contribution in [0.15, 0.2) is 91.0 Å². The molecule has 3 nitrogen and oxygen atoms in total. The zero-order valence-corrected chi connectivity index (χ0v) is 16.0. The summed E-state index contributed by atoms with van der Waals surface area (Å²) < 4.78 is 17.1. The molecule has 3 aromatic carbocycles. The van der Waals surface area contributed by atoms with Crippen LogP contribution in [0.1, 0.15) is 6.92 Å². The standard InChI is InChI=1S/C20H21O3PSi/c1-17(23-24(21)22)25(18-11-5-2-6-12-18,19-13-7-3-8-14-19)20-15-9-4-10-16-20/h2-17,24H,1H3,(H,21,22). The van der Waals surface area contributed by atoms with Gasteiger partial charge >= 0.3 is 8.25 Å². The molecule has 0 aromatic heterocycles. The van der Waals surface area contributed by atoms with Crippen molar-refractivity contribution in [1.29, 1.82) is 0 Å². The summed E-state index contributed by atoms with van der Waals surface area (Å²) in [6.07, 6.45) is 0. The summed E-state index contributed by atoms with van der Waals surface area (Å²) in [6.45, 7) is 1.91. The van der Waals surface area contributed by atoms with E-state index in [9.17, 15) is 9.46 Å². The smallest absolute Gasteiger partial charge is 0.316 e. The van der Waals surface area contributed by atoms with E-state index >= 15 is 0 Å². The van der Waals surface area contributed by atoms with Gasteiger partial charge in [0.2, 0.25) is 0 Å². The Balaban J connectivity index is 2.33. The molecule has 0 fully saturated rings. The van der Waals surface area contributed by atoms with E-state index in [4.69, 9.17) is 4.52 Å². The normalized spacial score (nSPS) is 14.0. The molecule has 2 unspecified atom stereocenters. The van der Waals surface area contributed by atoms with Crippen LogP contribution in [0.25, 0.3) is 0 Å². The highest BCUT2D eigenvalue weighted by Gasteiger charge is 2.45. The molecule has 5 heteroatoms. The molecule has 0 spiro atoms. The molecule has 0 amide bonds. The minimum atomic E-state index is -3.05. The summed E-state index contributed by atoms with van der Waals surface area (Å²) in [5, 5.41) is 3.47. The Kier molecular flexibility index (Phi) is 5.66. The van der Waals surface area contributed by atoms with Crippen LogP contribution in [-0.2, 0) is 9.09 Å². The van der Waals surface area contributed by atoms with Gasteiger partial charge in [0.25, 0.3) is 0 Å². The molecular weight excluding hydrogens is 347 g/mol. The fourth-order valence-electron chi connectivity index (χ4n) is 3.55. The number of rotatable bonds is 6. The van der Waals surface area contributed by atoms with Crippen LogP contribution >= 0.6 is 8.25 Å². The van der Waals surface area contributed by atoms with Crippen molar-refractivity contribution in [3.8, 4) is 0 Å². The molecule has 128 valence electrons. The van der Waals surface area contributed by atoms with Gasteiger partial charge in [-0.3, -0.25) is 4.57 Å². The monoisotopic (exact) mass is 368 g/mol. The second-order valence-electron chi connectivity index (χ2n) is 5.93. The fourth-order valence-corrected chi connectivity index (χ4v) is 9.42. The van der Waals surface area contributed by atoms with Gasteiger partial charge in [-0.2, -0.15) is 0 Å². The van der Waals surface area contributed by atoms with Crippen LogP contribution in [0.2, 0.25) is 0 Å². The molecule has 0 bridgehead atoms. The largest absolute Gasteiger partial charge is 0.326 e. The molecule has 1 N–H and O–H groups in total. The maximum absolute atomic E-state index is 11.5. The first-order valence-electron chi connectivity index (χ1n) is 8.22. The van der Waals surface area contributed by atoms with E-state index in [1.807, 2.05) is 61.5 Å². The summed E-state index contributed by atoms with van der Waals surface area (Å²) in [5.74, 6) is 0. The molecule has 0 aliphatic rings. The lowest BCUT2D eigenvalue weighted by Gasteiger charge is -2.38. The van der Waals surface area contributed by atoms with E-state index in [1.165, 1.54) is 0 Å². The average Bonchev–Trinajstić information content (AvgIpc) is 2.64. The van der Waals surface area contributed by atoms with Gasteiger partial charge in [0, 0.05) is 0 Å². The van der Waals surface area contributed by atoms with E-state index in [0.717, 1.165) is 15.6 Å². The molecule has 2 atom stereocenters. The summed E-state index contributed by atoms with van der Waals surface area (Å²) in [6, 6.07) is 30.6. The third-order valence-corrected chi connectivity index (χ3v) is 10.4. The van der Waals surface area contributed by atoms with Gasteiger partial charge in [-0.05, 0) is 22.5 Å². The lowest BCUT2D eigenvalue weighted by molar-refractivity contribution is 0.263. The summed E-state index contributed by atoms with van der Waals surface area (Å²) in [5.41, 5.74) is -0.393. The molecule has 0 aliphatic carbocycles. The van der Waals surface area contributed by atoms with E-state index < -0.39 is 22.1 Å². The van der Waals surface area contributed by atoms with Crippen molar-refractivity contribution in [2.45, 2.75) is 12.7 Å². The highest BCUT2D eigenvalue weighted by Crippen LogP contribution is 2.24. The maximum atomic E-state index is 11.5. The Bertz CT molecular complexity index is 729. The van der Waals surface area contributed by atoms with E-state index in [2.05, 4.69) is 36.4 Å². The van der Waals surface area contributed by atoms with Crippen molar-refractivity contribution in [2.24, 2.45) is 0 Å². The van der Waals surface area contributed by atoms with Crippen molar-refractivity contribution in [2.75, 3.05) is 0 Å². The second kappa shape index (κ2) is 7.94. The Labute approximate surface area is 149 Å². The first-order valence-corrected chi connectivity index (χ1v) is 11.6. The first-order chi connectivity index (χ1) is 12.2. The van der Waals surface area contributed by atoms with Gasteiger partial charge in [0.15, 0.2) is 8.07 Å². The van der Waals surface area contributed by atoms with E-state index in [-0.39, 0.29) is 0 Å². The van der Waals surface area contributed by atoms with Gasteiger partial charge in [-0.1, -0.05) is 91.0 Å². The Morgan fingerprint density at radius 3 is 1.36 bits per heavy atom. The molecule has 0 aliphatic heterocycles. The minimum absolute atomic E-state index is 0.393. The minimum Gasteiger partial charge on any atom is -0.326 e. The molecule has 0 saturated heterocycles. The zero-order chi connectivity index (χ0) is 17.7. The fraction of sp³-hybridized carbons (Fsp3) is 0.100. The van der Waals surface area contributed by atoms with Crippen LogP contribution in [0.3, 0.4) is 0 Å². The predicted octanol–water partition coefficient (Wildman–Crippen LogP) is 2.48. The number of hydrogen-bond acceptors (Lipinski definition) is 2. The van der Waals surface area contributed by atoms with Gasteiger partial charge in [0.05, 0.1) is 5.73 Å². The molecule has 25 heavy (non-hydrogen) atoms. The zero-order valence-electron chi connectivity index (χ0n) is 14.0. The van der Waals surface area contributed by atoms with Crippen LogP contribution in [-0.4, -0.2) is 18.7 Å². The Hall–Kier alpha value is -1.97. The first kappa shape index (κ1) is 17.8. The maximum Gasteiger partial charge on any atom is 0.316 e. The highest BCUT2D eigenvalue weighted by atomic mass is 31.1. The second-order valence-corrected chi connectivity index (χ2v) is 10.9. The predicted molar refractivity (Wildman–Crippen MR) is 106 cm³/mol. The quantitative estimate of drug-likeness (QED) is 0.413. The highest BCUT2D eigenvalue weighted by molar-refractivity contribution is 7.32. The molecule has 3 rings (SSSR count). The van der Waals surface area contributed by atoms with Crippen molar-refractivity contribution < 1.29 is 14.0 Å². The van der Waals surface area contributed by atoms with Crippen molar-refractivity contribution in [3.63, 3.8) is 0 Å². The summed E-state index contributed by atoms with van der Waals surface area (Å²) >= 11 is 0.